The summed E-state index contributed by atoms with van der Waals surface area (Å²) in [5, 5.41) is 20.1. The highest BCUT2D eigenvalue weighted by atomic mass is 19.1. The van der Waals surface area contributed by atoms with Crippen LogP contribution >= 0.6 is 0 Å². The van der Waals surface area contributed by atoms with Crippen molar-refractivity contribution in [2.75, 3.05) is 0 Å². The van der Waals surface area contributed by atoms with E-state index in [9.17, 15) is 23.9 Å². The topological polar surface area (TPSA) is 131 Å². The molecule has 2 amide bonds. The molecule has 32 heavy (non-hydrogen) atoms. The summed E-state index contributed by atoms with van der Waals surface area (Å²) in [6.07, 6.45) is 4.22. The molecular weight excluding hydrogens is 419 g/mol. The quantitative estimate of drug-likeness (QED) is 0.504. The first-order chi connectivity index (χ1) is 15.3. The van der Waals surface area contributed by atoms with Crippen LogP contribution in [0.1, 0.15) is 53.1 Å². The van der Waals surface area contributed by atoms with E-state index in [0.717, 1.165) is 17.4 Å². The van der Waals surface area contributed by atoms with E-state index in [0.29, 0.717) is 0 Å². The smallest absolute Gasteiger partial charge is 0.291 e. The van der Waals surface area contributed by atoms with Crippen LogP contribution in [0.5, 0.6) is 5.88 Å². The van der Waals surface area contributed by atoms with Gasteiger partial charge in [0.05, 0.1) is 18.4 Å². The molecule has 3 aromatic rings. The third-order valence-electron chi connectivity index (χ3n) is 5.07. The second-order valence-electron chi connectivity index (χ2n) is 8.16. The molecule has 0 radical (unpaired) electrons. The Balaban J connectivity index is 1.75. The van der Waals surface area contributed by atoms with Gasteiger partial charge in [-0.25, -0.2) is 4.39 Å². The number of amides is 2. The number of nitrogens with zero attached hydrogens (tertiary/aromatic N) is 4. The van der Waals surface area contributed by atoms with Crippen LogP contribution in [0.25, 0.3) is 5.65 Å². The van der Waals surface area contributed by atoms with Crippen LogP contribution < -0.4 is 16.2 Å². The predicted octanol–water partition coefficient (Wildman–Crippen LogP) is 1.21. The number of nitrogens with one attached hydrogen (secondary N) is 2. The number of halogens is 1. The van der Waals surface area contributed by atoms with Crippen molar-refractivity contribution in [1.29, 1.82) is 0 Å². The summed E-state index contributed by atoms with van der Waals surface area (Å²) in [6.45, 7) is 3.82. The Hall–Kier alpha value is -3.76. The third-order valence-corrected chi connectivity index (χ3v) is 5.07. The van der Waals surface area contributed by atoms with E-state index in [2.05, 4.69) is 20.7 Å². The average Bonchev–Trinajstić information content (AvgIpc) is 3.44. The van der Waals surface area contributed by atoms with Crippen LogP contribution in [0, 0.1) is 11.7 Å². The van der Waals surface area contributed by atoms with E-state index in [1.54, 1.807) is 0 Å². The van der Waals surface area contributed by atoms with Crippen molar-refractivity contribution in [2.45, 2.75) is 45.8 Å². The molecule has 0 aliphatic heterocycles. The fourth-order valence-electron chi connectivity index (χ4n) is 3.38. The molecular formula is C21H23FN6O4. The van der Waals surface area contributed by atoms with Gasteiger partial charge in [0, 0.05) is 18.8 Å². The molecule has 1 aliphatic rings. The summed E-state index contributed by atoms with van der Waals surface area (Å²) in [7, 11) is 0. The van der Waals surface area contributed by atoms with Gasteiger partial charge in [-0.05, 0) is 30.9 Å². The number of aromatic nitrogens is 4. The molecule has 0 unspecified atom stereocenters. The number of fused-ring (bicyclic) bond motifs is 1. The first kappa shape index (κ1) is 21.5. The van der Waals surface area contributed by atoms with Gasteiger partial charge in [-0.2, -0.15) is 9.61 Å². The van der Waals surface area contributed by atoms with E-state index < -0.39 is 34.6 Å². The van der Waals surface area contributed by atoms with Gasteiger partial charge in [-0.15, -0.1) is 0 Å². The molecule has 0 atom stereocenters. The Morgan fingerprint density at radius 3 is 2.72 bits per heavy atom. The highest BCUT2D eigenvalue weighted by Crippen LogP contribution is 2.24. The summed E-state index contributed by atoms with van der Waals surface area (Å²) >= 11 is 0. The van der Waals surface area contributed by atoms with Crippen LogP contribution in [0.4, 0.5) is 4.39 Å². The standard InChI is InChI=1S/C21H23FN6O4/c1-11(2)10-27-19-13(17(29)24-9-15-14(22)4-3-7-23-15)8-25-28(19)21(32)16(20(27)31)18(30)26-12-5-6-12/h3-4,7-8,11-12,31H,5-6,9-10H2,1-2H3,(H,24,29)(H,26,30). The first-order valence-corrected chi connectivity index (χ1v) is 10.3. The number of pyridine rings is 1. The van der Waals surface area contributed by atoms with Crippen molar-refractivity contribution in [2.24, 2.45) is 5.92 Å². The van der Waals surface area contributed by atoms with Crippen LogP contribution in [0.3, 0.4) is 0 Å². The number of carbonyl (C=O) groups is 2. The number of hydrogen-bond donors (Lipinski definition) is 3. The van der Waals surface area contributed by atoms with Gasteiger partial charge in [-0.1, -0.05) is 13.8 Å². The maximum atomic E-state index is 13.8. The van der Waals surface area contributed by atoms with Gasteiger partial charge in [-0.3, -0.25) is 23.9 Å². The molecule has 11 heteroatoms. The van der Waals surface area contributed by atoms with E-state index in [-0.39, 0.29) is 42.0 Å². The molecule has 10 nitrogen and oxygen atoms in total. The predicted molar refractivity (Wildman–Crippen MR) is 112 cm³/mol. The second-order valence-corrected chi connectivity index (χ2v) is 8.16. The lowest BCUT2D eigenvalue weighted by Crippen LogP contribution is -2.35. The van der Waals surface area contributed by atoms with Gasteiger partial charge >= 0.3 is 0 Å². The summed E-state index contributed by atoms with van der Waals surface area (Å²) in [5.74, 6) is -2.38. The zero-order chi connectivity index (χ0) is 23.0. The van der Waals surface area contributed by atoms with Crippen LogP contribution in [-0.4, -0.2) is 42.1 Å². The fraction of sp³-hybridized carbons (Fsp3) is 0.381. The Kier molecular flexibility index (Phi) is 5.64. The molecule has 0 spiro atoms. The van der Waals surface area contributed by atoms with Gasteiger partial charge < -0.3 is 15.7 Å². The Morgan fingerprint density at radius 1 is 1.31 bits per heavy atom. The average molecular weight is 442 g/mol. The number of carbonyl (C=O) groups excluding carboxylic acids is 2. The minimum Gasteiger partial charge on any atom is -0.494 e. The Morgan fingerprint density at radius 2 is 2.06 bits per heavy atom. The zero-order valence-electron chi connectivity index (χ0n) is 17.6. The van der Waals surface area contributed by atoms with Crippen molar-refractivity contribution in [1.82, 2.24) is 29.8 Å². The Labute approximate surface area is 182 Å². The lowest BCUT2D eigenvalue weighted by molar-refractivity contribution is 0.0940. The molecule has 4 rings (SSSR count). The maximum absolute atomic E-state index is 13.8. The SMILES string of the molecule is CC(C)Cn1c(O)c(C(=O)NC2CC2)c(=O)n2ncc(C(=O)NCc3ncccc3F)c12. The Bertz CT molecular complexity index is 1260. The van der Waals surface area contributed by atoms with E-state index in [1.165, 1.54) is 29.1 Å². The molecule has 168 valence electrons. The maximum Gasteiger partial charge on any atom is 0.291 e. The molecule has 3 heterocycles. The van der Waals surface area contributed by atoms with Crippen LogP contribution in [0.2, 0.25) is 0 Å². The number of hydrogen-bond acceptors (Lipinski definition) is 6. The van der Waals surface area contributed by atoms with Crippen LogP contribution in [-0.2, 0) is 13.1 Å². The van der Waals surface area contributed by atoms with Crippen molar-refractivity contribution in [3.63, 3.8) is 0 Å². The van der Waals surface area contributed by atoms with Gasteiger partial charge in [0.1, 0.15) is 11.4 Å². The first-order valence-electron chi connectivity index (χ1n) is 10.3. The van der Waals surface area contributed by atoms with Crippen LogP contribution in [0.15, 0.2) is 29.3 Å². The summed E-state index contributed by atoms with van der Waals surface area (Å²) in [5.41, 5.74) is -1.15. The highest BCUT2D eigenvalue weighted by Gasteiger charge is 2.30. The lowest BCUT2D eigenvalue weighted by Gasteiger charge is -2.17. The normalized spacial score (nSPS) is 13.5. The van der Waals surface area contributed by atoms with E-state index in [1.807, 2.05) is 13.8 Å². The monoisotopic (exact) mass is 442 g/mol. The third kappa shape index (κ3) is 4.05. The highest BCUT2D eigenvalue weighted by molar-refractivity contribution is 6.01. The molecule has 3 N–H and O–H groups in total. The summed E-state index contributed by atoms with van der Waals surface area (Å²) in [4.78, 5) is 42.3. The second kappa shape index (κ2) is 8.40. The summed E-state index contributed by atoms with van der Waals surface area (Å²) < 4.78 is 16.1. The molecule has 0 bridgehead atoms. The molecule has 3 aromatic heterocycles. The van der Waals surface area contributed by atoms with Crippen molar-refractivity contribution in [3.05, 3.63) is 57.5 Å². The minimum atomic E-state index is -0.828. The molecule has 1 saturated carbocycles. The van der Waals surface area contributed by atoms with Crippen molar-refractivity contribution < 1.29 is 19.1 Å². The van der Waals surface area contributed by atoms with Gasteiger partial charge in [0.15, 0.2) is 11.2 Å². The molecule has 1 aliphatic carbocycles. The minimum absolute atomic E-state index is 0.00328. The number of aromatic hydroxyl groups is 1. The lowest BCUT2D eigenvalue weighted by atomic mass is 10.2. The van der Waals surface area contributed by atoms with Gasteiger partial charge in [0.2, 0.25) is 5.88 Å². The van der Waals surface area contributed by atoms with Crippen molar-refractivity contribution in [3.8, 4) is 5.88 Å². The number of rotatable bonds is 7. The largest absolute Gasteiger partial charge is 0.494 e. The molecule has 1 fully saturated rings. The molecule has 0 saturated heterocycles. The van der Waals surface area contributed by atoms with E-state index in [4.69, 9.17) is 0 Å². The van der Waals surface area contributed by atoms with E-state index >= 15 is 0 Å². The fourth-order valence-corrected chi connectivity index (χ4v) is 3.38. The summed E-state index contributed by atoms with van der Waals surface area (Å²) in [6, 6.07) is 2.66. The molecule has 0 aromatic carbocycles. The van der Waals surface area contributed by atoms with Crippen molar-refractivity contribution >= 4 is 17.5 Å². The van der Waals surface area contributed by atoms with Gasteiger partial charge in [0.25, 0.3) is 17.4 Å². The zero-order valence-corrected chi connectivity index (χ0v) is 17.6.